The predicted octanol–water partition coefficient (Wildman–Crippen LogP) is 3.88. The Hall–Kier alpha value is -3.48. The number of aryl methyl sites for hydroxylation is 2. The van der Waals surface area contributed by atoms with Crippen LogP contribution in [0.4, 0.5) is 10.1 Å². The molecule has 0 saturated heterocycles. The highest BCUT2D eigenvalue weighted by Crippen LogP contribution is 2.18. The lowest BCUT2D eigenvalue weighted by Crippen LogP contribution is -2.30. The molecule has 0 bridgehead atoms. The van der Waals surface area contributed by atoms with Gasteiger partial charge in [0.25, 0.3) is 11.8 Å². The molecular weight excluding hydrogens is 383 g/mol. The molecule has 0 unspecified atom stereocenters. The molecule has 1 aliphatic rings. The second-order valence-electron chi connectivity index (χ2n) is 7.35. The molecule has 0 saturated carbocycles. The van der Waals surface area contributed by atoms with Crippen LogP contribution in [-0.4, -0.2) is 33.0 Å². The fourth-order valence-corrected chi connectivity index (χ4v) is 3.57. The Labute approximate surface area is 174 Å². The number of nitrogens with zero attached hydrogens (tertiary/aromatic N) is 3. The van der Waals surface area contributed by atoms with E-state index in [2.05, 4.69) is 17.3 Å². The van der Waals surface area contributed by atoms with Crippen molar-refractivity contribution in [2.45, 2.75) is 32.9 Å². The first kappa shape index (κ1) is 19.8. The summed E-state index contributed by atoms with van der Waals surface area (Å²) in [6, 6.07) is 15.3. The molecule has 0 aliphatic carbocycles. The van der Waals surface area contributed by atoms with E-state index in [9.17, 15) is 14.0 Å². The van der Waals surface area contributed by atoms with Crippen molar-refractivity contribution in [3.63, 3.8) is 0 Å². The lowest BCUT2D eigenvalue weighted by Gasteiger charge is -2.20. The highest BCUT2D eigenvalue weighted by molar-refractivity contribution is 6.04. The van der Waals surface area contributed by atoms with Gasteiger partial charge in [0.2, 0.25) is 0 Å². The van der Waals surface area contributed by atoms with Gasteiger partial charge in [-0.15, -0.1) is 0 Å². The van der Waals surface area contributed by atoms with Gasteiger partial charge in [-0.05, 0) is 48.2 Å². The average molecular weight is 406 g/mol. The van der Waals surface area contributed by atoms with Crippen LogP contribution in [-0.2, 0) is 19.5 Å². The van der Waals surface area contributed by atoms with Crippen LogP contribution in [0.1, 0.15) is 45.4 Å². The van der Waals surface area contributed by atoms with E-state index >= 15 is 0 Å². The number of carbonyl (C=O) groups is 2. The van der Waals surface area contributed by atoms with Gasteiger partial charge < -0.3 is 10.2 Å². The molecule has 2 heterocycles. The van der Waals surface area contributed by atoms with Crippen molar-refractivity contribution in [3.8, 4) is 0 Å². The van der Waals surface area contributed by atoms with E-state index in [1.807, 2.05) is 24.3 Å². The van der Waals surface area contributed by atoms with Crippen LogP contribution < -0.4 is 5.32 Å². The zero-order chi connectivity index (χ0) is 21.1. The van der Waals surface area contributed by atoms with Gasteiger partial charge in [-0.1, -0.05) is 31.2 Å². The van der Waals surface area contributed by atoms with Crippen molar-refractivity contribution in [2.75, 3.05) is 11.9 Å². The average Bonchev–Trinajstić information content (AvgIpc) is 3.12. The van der Waals surface area contributed by atoms with Crippen LogP contribution in [0.5, 0.6) is 0 Å². The molecule has 1 aromatic heterocycles. The molecule has 1 aliphatic heterocycles. The fraction of sp³-hybridized carbons (Fsp3) is 0.261. The van der Waals surface area contributed by atoms with Gasteiger partial charge in [0.05, 0.1) is 0 Å². The van der Waals surface area contributed by atoms with Crippen LogP contribution >= 0.6 is 0 Å². The van der Waals surface area contributed by atoms with Crippen LogP contribution in [0.2, 0.25) is 0 Å². The number of nitrogens with one attached hydrogen (secondary N) is 1. The molecule has 154 valence electrons. The SMILES string of the molecule is CCc1cccc(NC(=O)c2cc3n(n2)CCCN(Cc2ccc(F)cc2)C3=O)c1. The summed E-state index contributed by atoms with van der Waals surface area (Å²) in [6.07, 6.45) is 1.60. The van der Waals surface area contributed by atoms with E-state index < -0.39 is 0 Å². The van der Waals surface area contributed by atoms with Crippen molar-refractivity contribution >= 4 is 17.5 Å². The molecule has 0 radical (unpaired) electrons. The molecular formula is C23H23FN4O2. The van der Waals surface area contributed by atoms with Gasteiger partial charge in [-0.3, -0.25) is 14.3 Å². The van der Waals surface area contributed by atoms with Gasteiger partial charge in [-0.2, -0.15) is 5.10 Å². The number of benzene rings is 2. The Morgan fingerprint density at radius 2 is 1.90 bits per heavy atom. The maximum Gasteiger partial charge on any atom is 0.276 e. The number of hydrogen-bond donors (Lipinski definition) is 1. The first-order valence-electron chi connectivity index (χ1n) is 10.1. The van der Waals surface area contributed by atoms with Crippen molar-refractivity contribution in [3.05, 3.63) is 82.9 Å². The molecule has 2 amide bonds. The summed E-state index contributed by atoms with van der Waals surface area (Å²) in [6.45, 7) is 3.57. The number of anilines is 1. The monoisotopic (exact) mass is 406 g/mol. The molecule has 30 heavy (non-hydrogen) atoms. The van der Waals surface area contributed by atoms with Gasteiger partial charge >= 0.3 is 0 Å². The van der Waals surface area contributed by atoms with Crippen molar-refractivity contribution in [2.24, 2.45) is 0 Å². The molecule has 3 aromatic rings. The van der Waals surface area contributed by atoms with Crippen molar-refractivity contribution < 1.29 is 14.0 Å². The summed E-state index contributed by atoms with van der Waals surface area (Å²) in [4.78, 5) is 27.4. The molecule has 0 fully saturated rings. The second-order valence-corrected chi connectivity index (χ2v) is 7.35. The predicted molar refractivity (Wildman–Crippen MR) is 112 cm³/mol. The molecule has 4 rings (SSSR count). The van der Waals surface area contributed by atoms with Crippen molar-refractivity contribution in [1.82, 2.24) is 14.7 Å². The molecule has 2 aromatic carbocycles. The topological polar surface area (TPSA) is 67.2 Å². The molecule has 7 heteroatoms. The number of hydrogen-bond acceptors (Lipinski definition) is 3. The van der Waals surface area contributed by atoms with Crippen LogP contribution in [0.15, 0.2) is 54.6 Å². The van der Waals surface area contributed by atoms with E-state index in [-0.39, 0.29) is 23.3 Å². The van der Waals surface area contributed by atoms with Gasteiger partial charge in [0.1, 0.15) is 11.5 Å². The first-order valence-corrected chi connectivity index (χ1v) is 10.1. The summed E-state index contributed by atoms with van der Waals surface area (Å²) in [7, 11) is 0. The third-order valence-corrected chi connectivity index (χ3v) is 5.20. The molecule has 1 N–H and O–H groups in total. The number of halogens is 1. The number of rotatable bonds is 5. The summed E-state index contributed by atoms with van der Waals surface area (Å²) in [5.74, 6) is -0.836. The standard InChI is InChI=1S/C23H23FN4O2/c1-2-16-5-3-6-19(13-16)25-22(29)20-14-21-23(30)27(11-4-12-28(21)26-20)15-17-7-9-18(24)10-8-17/h3,5-10,13-14H,2,4,11-12,15H2,1H3,(H,25,29). The Morgan fingerprint density at radius 1 is 1.10 bits per heavy atom. The highest BCUT2D eigenvalue weighted by Gasteiger charge is 2.26. The summed E-state index contributed by atoms with van der Waals surface area (Å²) in [5, 5.41) is 7.21. The first-order chi connectivity index (χ1) is 14.5. The van der Waals surface area contributed by atoms with E-state index in [4.69, 9.17) is 0 Å². The largest absolute Gasteiger partial charge is 0.333 e. The highest BCUT2D eigenvalue weighted by atomic mass is 19.1. The Bertz CT molecular complexity index is 1080. The lowest BCUT2D eigenvalue weighted by atomic mass is 10.1. The smallest absolute Gasteiger partial charge is 0.276 e. The zero-order valence-corrected chi connectivity index (χ0v) is 16.8. The Balaban J connectivity index is 1.52. The normalized spacial score (nSPS) is 13.7. The van der Waals surface area contributed by atoms with E-state index in [0.717, 1.165) is 24.0 Å². The number of amides is 2. The third-order valence-electron chi connectivity index (χ3n) is 5.20. The lowest BCUT2D eigenvalue weighted by molar-refractivity contribution is 0.0745. The van der Waals surface area contributed by atoms with Gasteiger partial charge in [0.15, 0.2) is 5.69 Å². The number of carbonyl (C=O) groups excluding carboxylic acids is 2. The van der Waals surface area contributed by atoms with Crippen LogP contribution in [0, 0.1) is 5.82 Å². The minimum Gasteiger partial charge on any atom is -0.333 e. The summed E-state index contributed by atoms with van der Waals surface area (Å²) >= 11 is 0. The summed E-state index contributed by atoms with van der Waals surface area (Å²) < 4.78 is 14.8. The maximum atomic E-state index is 13.2. The fourth-order valence-electron chi connectivity index (χ4n) is 3.57. The molecule has 6 nitrogen and oxygen atoms in total. The minimum absolute atomic E-state index is 0.184. The maximum absolute atomic E-state index is 13.2. The number of fused-ring (bicyclic) bond motifs is 1. The quantitative estimate of drug-likeness (QED) is 0.699. The van der Waals surface area contributed by atoms with Crippen molar-refractivity contribution in [1.29, 1.82) is 0 Å². The van der Waals surface area contributed by atoms with Gasteiger partial charge in [-0.25, -0.2) is 4.39 Å². The summed E-state index contributed by atoms with van der Waals surface area (Å²) in [5.41, 5.74) is 3.28. The molecule has 0 atom stereocenters. The van der Waals surface area contributed by atoms with Crippen LogP contribution in [0.25, 0.3) is 0 Å². The van der Waals surface area contributed by atoms with Gasteiger partial charge in [0, 0.05) is 31.4 Å². The zero-order valence-electron chi connectivity index (χ0n) is 16.8. The van der Waals surface area contributed by atoms with E-state index in [1.165, 1.54) is 12.1 Å². The Morgan fingerprint density at radius 3 is 2.67 bits per heavy atom. The second kappa shape index (κ2) is 8.49. The van der Waals surface area contributed by atoms with E-state index in [1.54, 1.807) is 27.8 Å². The van der Waals surface area contributed by atoms with E-state index in [0.29, 0.717) is 31.0 Å². The molecule has 0 spiro atoms. The minimum atomic E-state index is -0.346. The Kier molecular flexibility index (Phi) is 5.61. The number of aromatic nitrogens is 2. The third kappa shape index (κ3) is 4.25. The van der Waals surface area contributed by atoms with Crippen LogP contribution in [0.3, 0.4) is 0 Å².